The number of piperazine rings is 1. The van der Waals surface area contributed by atoms with E-state index in [0.29, 0.717) is 15.7 Å². The zero-order chi connectivity index (χ0) is 24.1. The SMILES string of the molecule is Cc1cc(C)c(C)c(S(=O)(=O)N2CCN(C(=O)c3nn(C)c(=O)c4ccccc34)CC2)c1C. The van der Waals surface area contributed by atoms with Gasteiger partial charge in [0.05, 0.1) is 10.3 Å². The summed E-state index contributed by atoms with van der Waals surface area (Å²) in [5.74, 6) is -0.308. The van der Waals surface area contributed by atoms with Crippen molar-refractivity contribution in [3.05, 3.63) is 68.6 Å². The highest BCUT2D eigenvalue weighted by molar-refractivity contribution is 7.89. The molecule has 174 valence electrons. The summed E-state index contributed by atoms with van der Waals surface area (Å²) in [6, 6.07) is 8.90. The van der Waals surface area contributed by atoms with Crippen molar-refractivity contribution in [1.82, 2.24) is 19.0 Å². The Bertz CT molecular complexity index is 1410. The van der Waals surface area contributed by atoms with Crippen LogP contribution in [-0.2, 0) is 17.1 Å². The van der Waals surface area contributed by atoms with E-state index in [9.17, 15) is 18.0 Å². The monoisotopic (exact) mass is 468 g/mol. The highest BCUT2D eigenvalue weighted by Crippen LogP contribution is 2.29. The molecule has 0 saturated carbocycles. The molecule has 0 spiro atoms. The average molecular weight is 469 g/mol. The van der Waals surface area contributed by atoms with Gasteiger partial charge in [0.1, 0.15) is 0 Å². The summed E-state index contributed by atoms with van der Waals surface area (Å²) in [6.45, 7) is 8.41. The van der Waals surface area contributed by atoms with Gasteiger partial charge < -0.3 is 4.90 Å². The number of amides is 1. The summed E-state index contributed by atoms with van der Waals surface area (Å²) in [7, 11) is -2.18. The Kier molecular flexibility index (Phi) is 5.88. The number of hydrogen-bond donors (Lipinski definition) is 0. The molecule has 1 fully saturated rings. The van der Waals surface area contributed by atoms with Gasteiger partial charge in [0, 0.05) is 38.6 Å². The van der Waals surface area contributed by atoms with Crippen molar-refractivity contribution in [3.8, 4) is 0 Å². The molecule has 1 aliphatic rings. The van der Waals surface area contributed by atoms with Gasteiger partial charge in [-0.1, -0.05) is 24.3 Å². The van der Waals surface area contributed by atoms with Crippen LogP contribution < -0.4 is 5.56 Å². The molecular weight excluding hydrogens is 440 g/mol. The van der Waals surface area contributed by atoms with Gasteiger partial charge in [-0.2, -0.15) is 9.40 Å². The number of rotatable bonds is 3. The molecule has 0 aliphatic carbocycles. The molecule has 1 amide bonds. The quantitative estimate of drug-likeness (QED) is 0.588. The number of aryl methyl sites for hydroxylation is 3. The van der Waals surface area contributed by atoms with Gasteiger partial charge in [-0.3, -0.25) is 9.59 Å². The fourth-order valence-corrected chi connectivity index (χ4v) is 6.43. The standard InChI is InChI=1S/C24H28N4O4S/c1-15-14-16(2)18(4)22(17(15)3)33(31,32)28-12-10-27(11-13-28)24(30)21-19-8-6-7-9-20(19)23(29)26(5)25-21/h6-9,14H,10-13H2,1-5H3. The van der Waals surface area contributed by atoms with Crippen LogP contribution >= 0.6 is 0 Å². The molecule has 3 aromatic rings. The molecule has 1 saturated heterocycles. The summed E-state index contributed by atoms with van der Waals surface area (Å²) >= 11 is 0. The Morgan fingerprint density at radius 2 is 1.45 bits per heavy atom. The minimum absolute atomic E-state index is 0.198. The van der Waals surface area contributed by atoms with Gasteiger partial charge in [0.25, 0.3) is 11.5 Å². The summed E-state index contributed by atoms with van der Waals surface area (Å²) in [5, 5.41) is 5.15. The molecule has 1 aromatic heterocycles. The van der Waals surface area contributed by atoms with Crippen molar-refractivity contribution < 1.29 is 13.2 Å². The third kappa shape index (κ3) is 3.85. The van der Waals surface area contributed by atoms with Crippen LogP contribution in [0.15, 0.2) is 40.0 Å². The van der Waals surface area contributed by atoms with E-state index < -0.39 is 10.0 Å². The Balaban J connectivity index is 1.61. The lowest BCUT2D eigenvalue weighted by molar-refractivity contribution is 0.0691. The third-order valence-electron chi connectivity index (χ3n) is 6.58. The molecule has 4 rings (SSSR count). The molecule has 2 aromatic carbocycles. The number of hydrogen-bond acceptors (Lipinski definition) is 5. The van der Waals surface area contributed by atoms with Gasteiger partial charge in [-0.05, 0) is 56.0 Å². The topological polar surface area (TPSA) is 92.6 Å². The zero-order valence-corrected chi connectivity index (χ0v) is 20.4. The molecule has 9 heteroatoms. The molecule has 0 radical (unpaired) electrons. The van der Waals surface area contributed by atoms with Crippen LogP contribution in [0.4, 0.5) is 0 Å². The van der Waals surface area contributed by atoms with E-state index in [2.05, 4.69) is 5.10 Å². The molecule has 0 atom stereocenters. The molecule has 0 unspecified atom stereocenters. The summed E-state index contributed by atoms with van der Waals surface area (Å²) < 4.78 is 29.6. The van der Waals surface area contributed by atoms with Crippen molar-refractivity contribution in [1.29, 1.82) is 0 Å². The van der Waals surface area contributed by atoms with Crippen LogP contribution in [0.5, 0.6) is 0 Å². The lowest BCUT2D eigenvalue weighted by Crippen LogP contribution is -2.51. The van der Waals surface area contributed by atoms with Crippen LogP contribution in [0.3, 0.4) is 0 Å². The van der Waals surface area contributed by atoms with Gasteiger partial charge in [-0.25, -0.2) is 13.1 Å². The Labute approximate surface area is 193 Å². The van der Waals surface area contributed by atoms with Crippen molar-refractivity contribution in [2.24, 2.45) is 7.05 Å². The first-order chi connectivity index (χ1) is 15.5. The van der Waals surface area contributed by atoms with Crippen LogP contribution in [-0.4, -0.2) is 59.5 Å². The highest BCUT2D eigenvalue weighted by atomic mass is 32.2. The van der Waals surface area contributed by atoms with E-state index in [1.807, 2.05) is 33.8 Å². The number of benzene rings is 2. The number of aromatic nitrogens is 2. The summed E-state index contributed by atoms with van der Waals surface area (Å²) in [5.41, 5.74) is 3.34. The maximum absolute atomic E-state index is 13.5. The average Bonchev–Trinajstić information content (AvgIpc) is 2.80. The smallest absolute Gasteiger partial charge is 0.275 e. The van der Waals surface area contributed by atoms with Crippen molar-refractivity contribution >= 4 is 26.7 Å². The number of carbonyl (C=O) groups excluding carboxylic acids is 1. The van der Waals surface area contributed by atoms with Crippen molar-refractivity contribution in [2.75, 3.05) is 26.2 Å². The van der Waals surface area contributed by atoms with E-state index >= 15 is 0 Å². The van der Waals surface area contributed by atoms with Crippen molar-refractivity contribution in [2.45, 2.75) is 32.6 Å². The molecular formula is C24H28N4O4S. The number of fused-ring (bicyclic) bond motifs is 1. The van der Waals surface area contributed by atoms with Gasteiger partial charge in [0.15, 0.2) is 5.69 Å². The number of sulfonamides is 1. The van der Waals surface area contributed by atoms with E-state index in [1.54, 1.807) is 29.2 Å². The summed E-state index contributed by atoms with van der Waals surface area (Å²) in [6.07, 6.45) is 0. The molecule has 0 N–H and O–H groups in total. The summed E-state index contributed by atoms with van der Waals surface area (Å²) in [4.78, 5) is 27.6. The second-order valence-electron chi connectivity index (χ2n) is 8.61. The molecule has 0 bridgehead atoms. The zero-order valence-electron chi connectivity index (χ0n) is 19.5. The van der Waals surface area contributed by atoms with Crippen LogP contribution in [0.1, 0.15) is 32.7 Å². The molecule has 8 nitrogen and oxygen atoms in total. The van der Waals surface area contributed by atoms with Gasteiger partial charge in [-0.15, -0.1) is 0 Å². The minimum atomic E-state index is -3.69. The lowest BCUT2D eigenvalue weighted by Gasteiger charge is -2.34. The van der Waals surface area contributed by atoms with Crippen LogP contribution in [0.25, 0.3) is 10.8 Å². The minimum Gasteiger partial charge on any atom is -0.335 e. The van der Waals surface area contributed by atoms with Crippen LogP contribution in [0.2, 0.25) is 0 Å². The molecule has 33 heavy (non-hydrogen) atoms. The fraction of sp³-hybridized carbons (Fsp3) is 0.375. The largest absolute Gasteiger partial charge is 0.335 e. The maximum Gasteiger partial charge on any atom is 0.275 e. The van der Waals surface area contributed by atoms with E-state index in [4.69, 9.17) is 0 Å². The van der Waals surface area contributed by atoms with Crippen LogP contribution in [0, 0.1) is 27.7 Å². The highest BCUT2D eigenvalue weighted by Gasteiger charge is 2.34. The predicted octanol–water partition coefficient (Wildman–Crippen LogP) is 2.31. The van der Waals surface area contributed by atoms with E-state index in [-0.39, 0.29) is 43.3 Å². The third-order valence-corrected chi connectivity index (χ3v) is 8.75. The van der Waals surface area contributed by atoms with Gasteiger partial charge in [0.2, 0.25) is 10.0 Å². The first-order valence-electron chi connectivity index (χ1n) is 10.9. The predicted molar refractivity (Wildman–Crippen MR) is 127 cm³/mol. The normalized spacial score (nSPS) is 15.2. The van der Waals surface area contributed by atoms with E-state index in [1.165, 1.54) is 16.0 Å². The Morgan fingerprint density at radius 3 is 2.03 bits per heavy atom. The lowest BCUT2D eigenvalue weighted by atomic mass is 10.0. The first kappa shape index (κ1) is 23.1. The van der Waals surface area contributed by atoms with Gasteiger partial charge >= 0.3 is 0 Å². The van der Waals surface area contributed by atoms with E-state index in [0.717, 1.165) is 22.3 Å². The fourth-order valence-electron chi connectivity index (χ4n) is 4.44. The number of carbonyl (C=O) groups is 1. The Hall–Kier alpha value is -3.04. The number of nitrogens with zero attached hydrogens (tertiary/aromatic N) is 4. The first-order valence-corrected chi connectivity index (χ1v) is 12.3. The van der Waals surface area contributed by atoms with Crippen molar-refractivity contribution in [3.63, 3.8) is 0 Å². The molecule has 1 aliphatic heterocycles. The second-order valence-corrected chi connectivity index (χ2v) is 10.5. The molecule has 2 heterocycles. The maximum atomic E-state index is 13.5. The second kappa shape index (κ2) is 8.39. The Morgan fingerprint density at radius 1 is 0.909 bits per heavy atom.